The minimum absolute atomic E-state index is 0.212. The van der Waals surface area contributed by atoms with Crippen LogP contribution in [0.15, 0.2) is 24.3 Å². The van der Waals surface area contributed by atoms with Gasteiger partial charge in [-0.15, -0.1) is 0 Å². The van der Waals surface area contributed by atoms with Crippen molar-refractivity contribution in [3.63, 3.8) is 0 Å². The summed E-state index contributed by atoms with van der Waals surface area (Å²) >= 11 is 6.17. The summed E-state index contributed by atoms with van der Waals surface area (Å²) in [7, 11) is 0. The van der Waals surface area contributed by atoms with E-state index in [1.165, 1.54) is 0 Å². The summed E-state index contributed by atoms with van der Waals surface area (Å²) in [5.74, 6) is 0.245. The Balaban J connectivity index is 1.43. The average molecular weight is 338 g/mol. The first-order valence-electron chi connectivity index (χ1n) is 8.27. The molecule has 1 N–H and O–H groups in total. The minimum Gasteiger partial charge on any atom is -0.379 e. The fraction of sp³-hybridized carbons (Fsp3) is 0.588. The van der Waals surface area contributed by atoms with Crippen LogP contribution in [0.4, 0.5) is 0 Å². The second kappa shape index (κ2) is 8.11. The lowest BCUT2D eigenvalue weighted by molar-refractivity contribution is -0.128. The molecule has 1 amide bonds. The Bertz CT molecular complexity index is 534. The maximum absolute atomic E-state index is 12.2. The molecule has 1 atom stereocenters. The molecular formula is C17H24ClN3O2. The number of ether oxygens (including phenoxy) is 1. The summed E-state index contributed by atoms with van der Waals surface area (Å²) < 4.78 is 5.35. The number of hydrogen-bond acceptors (Lipinski definition) is 4. The van der Waals surface area contributed by atoms with Gasteiger partial charge in [0.25, 0.3) is 0 Å². The molecule has 0 saturated carbocycles. The number of carbonyl (C=O) groups is 1. The summed E-state index contributed by atoms with van der Waals surface area (Å²) in [6, 6.07) is 8.04. The Morgan fingerprint density at radius 2 is 2.00 bits per heavy atom. The highest BCUT2D eigenvalue weighted by Crippen LogP contribution is 2.16. The minimum atomic E-state index is 0.212. The monoisotopic (exact) mass is 337 g/mol. The quantitative estimate of drug-likeness (QED) is 0.851. The molecule has 0 aromatic heterocycles. The van der Waals surface area contributed by atoms with Crippen LogP contribution in [0, 0.1) is 0 Å². The van der Waals surface area contributed by atoms with Crippen molar-refractivity contribution >= 4 is 17.5 Å². The maximum atomic E-state index is 12.2. The summed E-state index contributed by atoms with van der Waals surface area (Å²) in [6.07, 6.45) is 0.577. The standard InChI is InChI=1S/C17H24ClN3O2/c18-16-4-2-1-3-14(16)12-19-15-11-17(22)21(13-15)6-5-20-7-9-23-10-8-20/h1-4,15,19H,5-13H2/t15-/m1/s1. The molecule has 1 aromatic rings. The zero-order valence-electron chi connectivity index (χ0n) is 13.3. The van der Waals surface area contributed by atoms with Crippen LogP contribution in [0.25, 0.3) is 0 Å². The van der Waals surface area contributed by atoms with Crippen LogP contribution in [0.5, 0.6) is 0 Å². The number of rotatable bonds is 6. The molecule has 0 aliphatic carbocycles. The van der Waals surface area contributed by atoms with Gasteiger partial charge in [-0.1, -0.05) is 29.8 Å². The number of nitrogens with zero attached hydrogens (tertiary/aromatic N) is 2. The van der Waals surface area contributed by atoms with Gasteiger partial charge in [-0.3, -0.25) is 9.69 Å². The Labute approximate surface area is 142 Å². The molecule has 0 bridgehead atoms. The van der Waals surface area contributed by atoms with E-state index in [1.807, 2.05) is 29.2 Å². The zero-order chi connectivity index (χ0) is 16.1. The van der Waals surface area contributed by atoms with Crippen molar-refractivity contribution in [3.05, 3.63) is 34.9 Å². The number of benzene rings is 1. The highest BCUT2D eigenvalue weighted by molar-refractivity contribution is 6.31. The lowest BCUT2D eigenvalue weighted by Crippen LogP contribution is -2.42. The third-order valence-corrected chi connectivity index (χ3v) is 4.91. The van der Waals surface area contributed by atoms with Crippen molar-refractivity contribution in [3.8, 4) is 0 Å². The third kappa shape index (κ3) is 4.67. The van der Waals surface area contributed by atoms with E-state index in [0.717, 1.165) is 56.5 Å². The predicted octanol–water partition coefficient (Wildman–Crippen LogP) is 1.36. The van der Waals surface area contributed by atoms with Gasteiger partial charge < -0.3 is 15.0 Å². The van der Waals surface area contributed by atoms with Gasteiger partial charge >= 0.3 is 0 Å². The van der Waals surface area contributed by atoms with Crippen molar-refractivity contribution in [2.45, 2.75) is 19.0 Å². The number of morpholine rings is 1. The van der Waals surface area contributed by atoms with E-state index >= 15 is 0 Å². The third-order valence-electron chi connectivity index (χ3n) is 4.54. The first kappa shape index (κ1) is 16.7. The first-order valence-corrected chi connectivity index (χ1v) is 8.65. The second-order valence-electron chi connectivity index (χ2n) is 6.17. The Kier molecular flexibility index (Phi) is 5.89. The van der Waals surface area contributed by atoms with Gasteiger partial charge in [0.1, 0.15) is 0 Å². The Morgan fingerprint density at radius 3 is 2.78 bits per heavy atom. The SMILES string of the molecule is O=C1C[C@@H](NCc2ccccc2Cl)CN1CCN1CCOCC1. The molecule has 2 fully saturated rings. The normalized spacial score (nSPS) is 22.7. The lowest BCUT2D eigenvalue weighted by Gasteiger charge is -2.28. The topological polar surface area (TPSA) is 44.8 Å². The zero-order valence-corrected chi connectivity index (χ0v) is 14.1. The number of carbonyl (C=O) groups excluding carboxylic acids is 1. The van der Waals surface area contributed by atoms with E-state index in [-0.39, 0.29) is 11.9 Å². The van der Waals surface area contributed by atoms with Crippen LogP contribution < -0.4 is 5.32 Å². The van der Waals surface area contributed by atoms with Crippen molar-refractivity contribution in [1.82, 2.24) is 15.1 Å². The Hall–Kier alpha value is -1.14. The van der Waals surface area contributed by atoms with E-state index in [2.05, 4.69) is 10.2 Å². The molecule has 2 heterocycles. The highest BCUT2D eigenvalue weighted by Gasteiger charge is 2.29. The molecule has 5 nitrogen and oxygen atoms in total. The van der Waals surface area contributed by atoms with Gasteiger partial charge in [0, 0.05) is 56.8 Å². The Morgan fingerprint density at radius 1 is 1.22 bits per heavy atom. The molecule has 3 rings (SSSR count). The average Bonchev–Trinajstić information content (AvgIpc) is 2.93. The number of amides is 1. The van der Waals surface area contributed by atoms with Gasteiger partial charge in [0.15, 0.2) is 0 Å². The molecule has 23 heavy (non-hydrogen) atoms. The summed E-state index contributed by atoms with van der Waals surface area (Å²) in [5, 5.41) is 4.23. The number of likely N-dealkylation sites (tertiary alicyclic amines) is 1. The van der Waals surface area contributed by atoms with Crippen LogP contribution >= 0.6 is 11.6 Å². The van der Waals surface area contributed by atoms with Crippen molar-refractivity contribution in [2.75, 3.05) is 45.9 Å². The molecule has 0 unspecified atom stereocenters. The van der Waals surface area contributed by atoms with Crippen molar-refractivity contribution < 1.29 is 9.53 Å². The molecular weight excluding hydrogens is 314 g/mol. The van der Waals surface area contributed by atoms with E-state index in [4.69, 9.17) is 16.3 Å². The fourth-order valence-corrected chi connectivity index (χ4v) is 3.31. The molecule has 0 spiro atoms. The molecule has 2 aliphatic rings. The second-order valence-corrected chi connectivity index (χ2v) is 6.57. The largest absolute Gasteiger partial charge is 0.379 e. The maximum Gasteiger partial charge on any atom is 0.224 e. The smallest absolute Gasteiger partial charge is 0.224 e. The molecule has 2 aliphatic heterocycles. The summed E-state index contributed by atoms with van der Waals surface area (Å²) in [6.45, 7) is 6.77. The predicted molar refractivity (Wildman–Crippen MR) is 90.5 cm³/mol. The van der Waals surface area contributed by atoms with Gasteiger partial charge in [-0.25, -0.2) is 0 Å². The van der Waals surface area contributed by atoms with Gasteiger partial charge in [0.2, 0.25) is 5.91 Å². The van der Waals surface area contributed by atoms with Crippen LogP contribution in [-0.2, 0) is 16.1 Å². The van der Waals surface area contributed by atoms with Crippen LogP contribution in [0.1, 0.15) is 12.0 Å². The lowest BCUT2D eigenvalue weighted by atomic mass is 10.2. The molecule has 2 saturated heterocycles. The van der Waals surface area contributed by atoms with E-state index in [0.29, 0.717) is 13.0 Å². The summed E-state index contributed by atoms with van der Waals surface area (Å²) in [5.41, 5.74) is 1.08. The van der Waals surface area contributed by atoms with Gasteiger partial charge in [-0.05, 0) is 11.6 Å². The van der Waals surface area contributed by atoms with Crippen LogP contribution in [0.3, 0.4) is 0 Å². The molecule has 6 heteroatoms. The first-order chi connectivity index (χ1) is 11.2. The number of nitrogens with one attached hydrogen (secondary N) is 1. The fourth-order valence-electron chi connectivity index (χ4n) is 3.11. The van der Waals surface area contributed by atoms with E-state index in [9.17, 15) is 4.79 Å². The van der Waals surface area contributed by atoms with Crippen LogP contribution in [-0.4, -0.2) is 67.7 Å². The number of hydrogen-bond donors (Lipinski definition) is 1. The van der Waals surface area contributed by atoms with Crippen molar-refractivity contribution in [1.29, 1.82) is 0 Å². The molecule has 126 valence electrons. The van der Waals surface area contributed by atoms with Crippen molar-refractivity contribution in [2.24, 2.45) is 0 Å². The van der Waals surface area contributed by atoms with E-state index in [1.54, 1.807) is 0 Å². The van der Waals surface area contributed by atoms with Gasteiger partial charge in [-0.2, -0.15) is 0 Å². The van der Waals surface area contributed by atoms with Crippen LogP contribution in [0.2, 0.25) is 5.02 Å². The molecule has 1 aromatic carbocycles. The van der Waals surface area contributed by atoms with Gasteiger partial charge in [0.05, 0.1) is 13.2 Å². The molecule has 0 radical (unpaired) electrons. The number of halogens is 1. The summed E-state index contributed by atoms with van der Waals surface area (Å²) in [4.78, 5) is 16.5. The van der Waals surface area contributed by atoms with E-state index < -0.39 is 0 Å². The highest BCUT2D eigenvalue weighted by atomic mass is 35.5.